The Balaban J connectivity index is 1.82. The van der Waals surface area contributed by atoms with Gasteiger partial charge < -0.3 is 9.47 Å². The Labute approximate surface area is 177 Å². The van der Waals surface area contributed by atoms with Crippen molar-refractivity contribution in [3.05, 3.63) is 79.9 Å². The third-order valence-electron chi connectivity index (χ3n) is 3.72. The van der Waals surface area contributed by atoms with E-state index in [9.17, 15) is 29.8 Å². The smallest absolute Gasteiger partial charge is 0.338 e. The van der Waals surface area contributed by atoms with Gasteiger partial charge >= 0.3 is 11.9 Å². The predicted molar refractivity (Wildman–Crippen MR) is 105 cm³/mol. The van der Waals surface area contributed by atoms with Crippen molar-refractivity contribution in [3.8, 4) is 0 Å². The highest BCUT2D eigenvalue weighted by molar-refractivity contribution is 5.90. The minimum absolute atomic E-state index is 0.00473. The zero-order chi connectivity index (χ0) is 25.5. The number of ether oxygens (including phenoxy) is 2. The van der Waals surface area contributed by atoms with Crippen LogP contribution in [-0.2, 0) is 9.47 Å². The summed E-state index contributed by atoms with van der Waals surface area (Å²) in [6.45, 7) is -1.36. The number of rotatable bonds is 11. The van der Waals surface area contributed by atoms with Crippen LogP contribution in [0, 0.1) is 20.2 Å². The zero-order valence-electron chi connectivity index (χ0n) is 19.6. The molecule has 2 rings (SSSR count). The summed E-state index contributed by atoms with van der Waals surface area (Å²) in [4.78, 5) is 44.0. The average molecular weight is 420 g/mol. The molecule has 158 valence electrons. The summed E-state index contributed by atoms with van der Waals surface area (Å²) in [7, 11) is 0. The first kappa shape index (κ1) is 17.1. The molecule has 0 heterocycles. The third-order valence-corrected chi connectivity index (χ3v) is 3.72. The van der Waals surface area contributed by atoms with Gasteiger partial charge in [-0.15, -0.1) is 0 Å². The van der Waals surface area contributed by atoms with E-state index < -0.39 is 47.7 Å². The number of non-ortho nitro benzene ring substituents is 2. The van der Waals surface area contributed by atoms with Crippen LogP contribution in [-0.4, -0.2) is 35.0 Å². The van der Waals surface area contributed by atoms with Crippen LogP contribution in [0.3, 0.4) is 0 Å². The number of hydrogen-bond donors (Lipinski definition) is 0. The maximum Gasteiger partial charge on any atom is 0.338 e. The third kappa shape index (κ3) is 6.97. The Morgan fingerprint density at radius 1 is 0.733 bits per heavy atom. The summed E-state index contributed by atoms with van der Waals surface area (Å²) >= 11 is 0. The highest BCUT2D eigenvalue weighted by atomic mass is 16.6. The number of carbonyl (C=O) groups excluding carboxylic acids is 2. The highest BCUT2D eigenvalue weighted by Gasteiger charge is 2.11. The second-order valence-electron chi connectivity index (χ2n) is 5.76. The molecule has 0 bridgehead atoms. The van der Waals surface area contributed by atoms with Gasteiger partial charge in [-0.1, -0.05) is 0 Å². The lowest BCUT2D eigenvalue weighted by Gasteiger charge is -2.06. The first-order chi connectivity index (χ1) is 15.8. The SMILES string of the molecule is [2H]C([2H])(CCC([2H])([2H])COC(=O)c1ccc([N+](=O)[O-])cc1)COC(=O)c1ccc([N+](=O)[O-])cc1. The number of nitro groups is 2. The molecule has 0 saturated heterocycles. The Kier molecular flexibility index (Phi) is 6.40. The van der Waals surface area contributed by atoms with Crippen LogP contribution >= 0.6 is 0 Å². The highest BCUT2D eigenvalue weighted by Crippen LogP contribution is 2.14. The van der Waals surface area contributed by atoms with E-state index in [0.29, 0.717) is 0 Å². The molecule has 0 spiro atoms. The molecule has 0 N–H and O–H groups in total. The quantitative estimate of drug-likeness (QED) is 0.301. The van der Waals surface area contributed by atoms with Crippen molar-refractivity contribution >= 4 is 23.3 Å². The van der Waals surface area contributed by atoms with Crippen molar-refractivity contribution in [2.45, 2.75) is 25.6 Å². The summed E-state index contributed by atoms with van der Waals surface area (Å²) in [6, 6.07) is 9.13. The average Bonchev–Trinajstić information content (AvgIpc) is 2.80. The van der Waals surface area contributed by atoms with E-state index in [2.05, 4.69) is 0 Å². The molecule has 10 heteroatoms. The number of benzene rings is 2. The van der Waals surface area contributed by atoms with Gasteiger partial charge in [0.15, 0.2) is 0 Å². The fourth-order valence-electron chi connectivity index (χ4n) is 2.16. The predicted octanol–water partition coefficient (Wildman–Crippen LogP) is 4.08. The normalized spacial score (nSPS) is 13.2. The van der Waals surface area contributed by atoms with E-state index >= 15 is 0 Å². The number of nitrogens with zero attached hydrogens (tertiary/aromatic N) is 2. The molecule has 2 aromatic rings. The molecule has 0 unspecified atom stereocenters. The minimum atomic E-state index is -2.09. The standard InChI is InChI=1S/C20H20N2O8/c23-19(15-5-9-17(10-6-15)21(25)26)29-13-3-1-2-4-14-30-20(24)16-7-11-18(12-8-16)22(27)28/h5-12H,1-4,13-14H2/i3D2,4D2. The Bertz CT molecular complexity index is 974. The van der Waals surface area contributed by atoms with Gasteiger partial charge in [-0.05, 0) is 49.9 Å². The lowest BCUT2D eigenvalue weighted by molar-refractivity contribution is -0.385. The van der Waals surface area contributed by atoms with Gasteiger partial charge in [0.1, 0.15) is 0 Å². The van der Waals surface area contributed by atoms with Gasteiger partial charge in [-0.3, -0.25) is 20.2 Å². The van der Waals surface area contributed by atoms with Crippen molar-refractivity contribution in [1.82, 2.24) is 0 Å². The lowest BCUT2D eigenvalue weighted by atomic mass is 10.2. The second-order valence-corrected chi connectivity index (χ2v) is 5.76. The molecular formula is C20H20N2O8. The molecule has 0 atom stereocenters. The largest absolute Gasteiger partial charge is 0.462 e. The van der Waals surface area contributed by atoms with Crippen LogP contribution < -0.4 is 0 Å². The Morgan fingerprint density at radius 3 is 1.37 bits per heavy atom. The van der Waals surface area contributed by atoms with E-state index in [1.54, 1.807) is 0 Å². The minimum Gasteiger partial charge on any atom is -0.462 e. The second kappa shape index (κ2) is 11.2. The van der Waals surface area contributed by atoms with Gasteiger partial charge in [0.05, 0.1) is 34.2 Å². The van der Waals surface area contributed by atoms with E-state index in [-0.39, 0.29) is 35.3 Å². The van der Waals surface area contributed by atoms with Gasteiger partial charge in [0, 0.05) is 29.7 Å². The summed E-state index contributed by atoms with van der Waals surface area (Å²) in [6.07, 6.45) is -4.90. The molecule has 0 fully saturated rings. The molecule has 0 aliphatic carbocycles. The number of esters is 2. The molecule has 30 heavy (non-hydrogen) atoms. The summed E-state index contributed by atoms with van der Waals surface area (Å²) in [5.41, 5.74) is -0.448. The monoisotopic (exact) mass is 420 g/mol. The zero-order valence-corrected chi connectivity index (χ0v) is 15.6. The fourth-order valence-corrected chi connectivity index (χ4v) is 2.16. The van der Waals surface area contributed by atoms with Crippen molar-refractivity contribution in [2.75, 3.05) is 13.2 Å². The van der Waals surface area contributed by atoms with Crippen LogP contribution in [0.4, 0.5) is 11.4 Å². The number of nitro benzene ring substituents is 2. The van der Waals surface area contributed by atoms with E-state index in [4.69, 9.17) is 15.0 Å². The van der Waals surface area contributed by atoms with E-state index in [1.165, 1.54) is 24.3 Å². The fraction of sp³-hybridized carbons (Fsp3) is 0.300. The van der Waals surface area contributed by atoms with E-state index in [0.717, 1.165) is 24.3 Å². The molecular weight excluding hydrogens is 396 g/mol. The first-order valence-electron chi connectivity index (χ1n) is 10.6. The van der Waals surface area contributed by atoms with Gasteiger partial charge in [0.25, 0.3) is 11.4 Å². The molecule has 2 aromatic carbocycles. The van der Waals surface area contributed by atoms with Crippen LogP contribution in [0.2, 0.25) is 0 Å². The van der Waals surface area contributed by atoms with Crippen molar-refractivity contribution in [3.63, 3.8) is 0 Å². The van der Waals surface area contributed by atoms with E-state index in [1.807, 2.05) is 0 Å². The summed E-state index contributed by atoms with van der Waals surface area (Å²) in [5.74, 6) is -1.78. The topological polar surface area (TPSA) is 139 Å². The molecule has 0 radical (unpaired) electrons. The summed E-state index contributed by atoms with van der Waals surface area (Å²) < 4.78 is 41.5. The molecule has 0 aromatic heterocycles. The Morgan fingerprint density at radius 2 is 1.07 bits per heavy atom. The van der Waals surface area contributed by atoms with Crippen LogP contribution in [0.25, 0.3) is 0 Å². The van der Waals surface area contributed by atoms with Gasteiger partial charge in [0.2, 0.25) is 0 Å². The Hall–Kier alpha value is -3.82. The molecule has 0 amide bonds. The molecule has 0 aliphatic rings. The molecule has 0 saturated carbocycles. The van der Waals surface area contributed by atoms with Crippen molar-refractivity contribution in [1.29, 1.82) is 0 Å². The van der Waals surface area contributed by atoms with Crippen molar-refractivity contribution in [2.24, 2.45) is 0 Å². The van der Waals surface area contributed by atoms with Crippen LogP contribution in [0.1, 0.15) is 51.8 Å². The first-order valence-corrected chi connectivity index (χ1v) is 8.63. The molecule has 10 nitrogen and oxygen atoms in total. The molecule has 0 aliphatic heterocycles. The van der Waals surface area contributed by atoms with Crippen LogP contribution in [0.15, 0.2) is 48.5 Å². The maximum absolute atomic E-state index is 12.0. The van der Waals surface area contributed by atoms with Gasteiger partial charge in [-0.2, -0.15) is 0 Å². The number of hydrogen-bond acceptors (Lipinski definition) is 8. The summed E-state index contributed by atoms with van der Waals surface area (Å²) in [5, 5.41) is 21.3. The van der Waals surface area contributed by atoms with Gasteiger partial charge in [-0.25, -0.2) is 9.59 Å². The van der Waals surface area contributed by atoms with Crippen molar-refractivity contribution < 1.29 is 34.4 Å². The van der Waals surface area contributed by atoms with Crippen LogP contribution in [0.5, 0.6) is 0 Å². The number of carbonyl (C=O) groups is 2. The maximum atomic E-state index is 12.0. The lowest BCUT2D eigenvalue weighted by Crippen LogP contribution is -2.07.